The second kappa shape index (κ2) is 4.59. The van der Waals surface area contributed by atoms with Crippen LogP contribution in [-0.4, -0.2) is 23.2 Å². The maximum Gasteiger partial charge on any atom is 0.261 e. The Morgan fingerprint density at radius 3 is 2.83 bits per heavy atom. The SMILES string of the molecule is CC(C)(CO)NC(=O)c1cc2cc(N)ccc2s1. The fourth-order valence-corrected chi connectivity index (χ4v) is 2.52. The first-order valence-corrected chi connectivity index (χ1v) is 6.45. The molecule has 0 saturated carbocycles. The van der Waals surface area contributed by atoms with Crippen molar-refractivity contribution in [3.05, 3.63) is 29.1 Å². The lowest BCUT2D eigenvalue weighted by atomic mass is 10.1. The van der Waals surface area contributed by atoms with E-state index in [0.29, 0.717) is 10.6 Å². The molecular weight excluding hydrogens is 248 g/mol. The first-order valence-electron chi connectivity index (χ1n) is 5.64. The van der Waals surface area contributed by atoms with E-state index in [9.17, 15) is 4.79 Å². The van der Waals surface area contributed by atoms with E-state index in [2.05, 4.69) is 5.32 Å². The van der Waals surface area contributed by atoms with Crippen LogP contribution in [0.1, 0.15) is 23.5 Å². The molecule has 1 aromatic heterocycles. The molecule has 0 radical (unpaired) electrons. The zero-order valence-electron chi connectivity index (χ0n) is 10.4. The molecule has 96 valence electrons. The number of nitrogens with one attached hydrogen (secondary N) is 1. The van der Waals surface area contributed by atoms with E-state index < -0.39 is 5.54 Å². The van der Waals surface area contributed by atoms with Crippen LogP contribution in [0.25, 0.3) is 10.1 Å². The highest BCUT2D eigenvalue weighted by atomic mass is 32.1. The van der Waals surface area contributed by atoms with E-state index in [0.717, 1.165) is 10.1 Å². The molecule has 2 rings (SSSR count). The molecule has 4 N–H and O–H groups in total. The summed E-state index contributed by atoms with van der Waals surface area (Å²) in [6.07, 6.45) is 0. The molecule has 0 fully saturated rings. The largest absolute Gasteiger partial charge is 0.399 e. The number of rotatable bonds is 3. The van der Waals surface area contributed by atoms with Crippen molar-refractivity contribution in [3.63, 3.8) is 0 Å². The van der Waals surface area contributed by atoms with Gasteiger partial charge < -0.3 is 16.2 Å². The maximum atomic E-state index is 12.0. The molecule has 1 amide bonds. The van der Waals surface area contributed by atoms with Gasteiger partial charge in [0.25, 0.3) is 5.91 Å². The number of nitrogens with two attached hydrogens (primary N) is 1. The number of thiophene rings is 1. The number of aliphatic hydroxyl groups is 1. The van der Waals surface area contributed by atoms with Crippen LogP contribution in [0.15, 0.2) is 24.3 Å². The number of carbonyl (C=O) groups is 1. The third kappa shape index (κ3) is 2.63. The maximum absolute atomic E-state index is 12.0. The normalized spacial score (nSPS) is 11.7. The van der Waals surface area contributed by atoms with Crippen LogP contribution in [-0.2, 0) is 0 Å². The Kier molecular flexibility index (Phi) is 3.28. The lowest BCUT2D eigenvalue weighted by molar-refractivity contribution is 0.0873. The Hall–Kier alpha value is -1.59. The summed E-state index contributed by atoms with van der Waals surface area (Å²) in [6, 6.07) is 7.39. The van der Waals surface area contributed by atoms with Crippen LogP contribution in [0.4, 0.5) is 5.69 Å². The summed E-state index contributed by atoms with van der Waals surface area (Å²) in [5, 5.41) is 12.9. The number of fused-ring (bicyclic) bond motifs is 1. The first-order chi connectivity index (χ1) is 8.41. The van der Waals surface area contributed by atoms with Crippen molar-refractivity contribution in [1.82, 2.24) is 5.32 Å². The Balaban J connectivity index is 2.28. The molecule has 0 bridgehead atoms. The number of benzene rings is 1. The Labute approximate surface area is 109 Å². The average molecular weight is 264 g/mol. The predicted molar refractivity (Wildman–Crippen MR) is 74.9 cm³/mol. The summed E-state index contributed by atoms with van der Waals surface area (Å²) in [5.41, 5.74) is 5.77. The number of nitrogen functional groups attached to an aromatic ring is 1. The van der Waals surface area contributed by atoms with Gasteiger partial charge in [-0.15, -0.1) is 11.3 Å². The van der Waals surface area contributed by atoms with Gasteiger partial charge in [-0.2, -0.15) is 0 Å². The van der Waals surface area contributed by atoms with E-state index >= 15 is 0 Å². The van der Waals surface area contributed by atoms with Crippen molar-refractivity contribution in [2.24, 2.45) is 0 Å². The third-order valence-corrected chi connectivity index (χ3v) is 3.73. The van der Waals surface area contributed by atoms with Crippen molar-refractivity contribution in [3.8, 4) is 0 Å². The number of amides is 1. The van der Waals surface area contributed by atoms with Crippen molar-refractivity contribution >= 4 is 33.0 Å². The Morgan fingerprint density at radius 1 is 1.44 bits per heavy atom. The van der Waals surface area contributed by atoms with E-state index in [1.165, 1.54) is 11.3 Å². The summed E-state index contributed by atoms with van der Waals surface area (Å²) < 4.78 is 1.02. The first kappa shape index (κ1) is 12.9. The second-order valence-corrected chi connectivity index (χ2v) is 5.99. The summed E-state index contributed by atoms with van der Waals surface area (Å²) >= 11 is 1.42. The third-order valence-electron chi connectivity index (χ3n) is 2.61. The van der Waals surface area contributed by atoms with Gasteiger partial charge in [-0.05, 0) is 43.5 Å². The van der Waals surface area contributed by atoms with Gasteiger partial charge in [0.15, 0.2) is 0 Å². The van der Waals surface area contributed by atoms with Gasteiger partial charge in [0, 0.05) is 10.4 Å². The average Bonchev–Trinajstić information content (AvgIpc) is 2.71. The number of hydrogen-bond acceptors (Lipinski definition) is 4. The van der Waals surface area contributed by atoms with E-state index in [1.807, 2.05) is 24.3 Å². The Bertz CT molecular complexity index is 590. The van der Waals surface area contributed by atoms with Crippen molar-refractivity contribution in [2.45, 2.75) is 19.4 Å². The molecule has 2 aromatic rings. The molecule has 18 heavy (non-hydrogen) atoms. The molecule has 0 aliphatic heterocycles. The minimum atomic E-state index is -0.619. The monoisotopic (exact) mass is 264 g/mol. The van der Waals surface area contributed by atoms with Crippen molar-refractivity contribution in [2.75, 3.05) is 12.3 Å². The molecule has 0 aliphatic rings. The van der Waals surface area contributed by atoms with Gasteiger partial charge in [0.05, 0.1) is 17.0 Å². The van der Waals surface area contributed by atoms with Gasteiger partial charge in [-0.3, -0.25) is 4.79 Å². The lowest BCUT2D eigenvalue weighted by Crippen LogP contribution is -2.46. The minimum absolute atomic E-state index is 0.101. The molecule has 0 atom stereocenters. The van der Waals surface area contributed by atoms with Crippen LogP contribution >= 0.6 is 11.3 Å². The summed E-state index contributed by atoms with van der Waals surface area (Å²) in [4.78, 5) is 12.7. The molecule has 0 unspecified atom stereocenters. The molecule has 0 spiro atoms. The molecule has 4 nitrogen and oxygen atoms in total. The predicted octanol–water partition coefficient (Wildman–Crippen LogP) is 1.98. The highest BCUT2D eigenvalue weighted by molar-refractivity contribution is 7.20. The van der Waals surface area contributed by atoms with E-state index in [-0.39, 0.29) is 12.5 Å². The van der Waals surface area contributed by atoms with Crippen LogP contribution in [0.5, 0.6) is 0 Å². The quantitative estimate of drug-likeness (QED) is 0.742. The van der Waals surface area contributed by atoms with Gasteiger partial charge in [-0.1, -0.05) is 0 Å². The lowest BCUT2D eigenvalue weighted by Gasteiger charge is -2.22. The van der Waals surface area contributed by atoms with Crippen molar-refractivity contribution < 1.29 is 9.90 Å². The number of hydrogen-bond donors (Lipinski definition) is 3. The fraction of sp³-hybridized carbons (Fsp3) is 0.308. The van der Waals surface area contributed by atoms with E-state index in [1.54, 1.807) is 13.8 Å². The van der Waals surface area contributed by atoms with Gasteiger partial charge in [0.2, 0.25) is 0 Å². The summed E-state index contributed by atoms with van der Waals surface area (Å²) in [6.45, 7) is 3.45. The number of aliphatic hydroxyl groups excluding tert-OH is 1. The zero-order valence-corrected chi connectivity index (χ0v) is 11.2. The summed E-state index contributed by atoms with van der Waals surface area (Å²) in [5.74, 6) is -0.172. The van der Waals surface area contributed by atoms with E-state index in [4.69, 9.17) is 10.8 Å². The standard InChI is InChI=1S/C13H16N2O2S/c1-13(2,7-16)15-12(17)11-6-8-5-9(14)3-4-10(8)18-11/h3-6,16H,7,14H2,1-2H3,(H,15,17). The topological polar surface area (TPSA) is 75.3 Å². The molecule has 0 aliphatic carbocycles. The Morgan fingerprint density at radius 2 is 2.17 bits per heavy atom. The highest BCUT2D eigenvalue weighted by Gasteiger charge is 2.21. The smallest absolute Gasteiger partial charge is 0.261 e. The molecule has 1 heterocycles. The summed E-state index contributed by atoms with van der Waals surface area (Å²) in [7, 11) is 0. The molecule has 1 aromatic carbocycles. The molecule has 0 saturated heterocycles. The second-order valence-electron chi connectivity index (χ2n) is 4.90. The number of carbonyl (C=O) groups excluding carboxylic acids is 1. The van der Waals surface area contributed by atoms with Gasteiger partial charge in [-0.25, -0.2) is 0 Å². The minimum Gasteiger partial charge on any atom is -0.399 e. The fourth-order valence-electron chi connectivity index (χ4n) is 1.58. The van der Waals surface area contributed by atoms with Crippen LogP contribution < -0.4 is 11.1 Å². The van der Waals surface area contributed by atoms with Crippen LogP contribution in [0, 0.1) is 0 Å². The molecule has 5 heteroatoms. The van der Waals surface area contributed by atoms with Crippen molar-refractivity contribution in [1.29, 1.82) is 0 Å². The van der Waals surface area contributed by atoms with Gasteiger partial charge >= 0.3 is 0 Å². The molecular formula is C13H16N2O2S. The van der Waals surface area contributed by atoms with Gasteiger partial charge in [0.1, 0.15) is 0 Å². The van der Waals surface area contributed by atoms with Crippen LogP contribution in [0.3, 0.4) is 0 Å². The number of anilines is 1. The highest BCUT2D eigenvalue weighted by Crippen LogP contribution is 2.27. The van der Waals surface area contributed by atoms with Crippen LogP contribution in [0.2, 0.25) is 0 Å². The zero-order chi connectivity index (χ0) is 13.3.